The van der Waals surface area contributed by atoms with Crippen LogP contribution in [0.2, 0.25) is 0 Å². The number of alkyl halides is 3. The highest BCUT2D eigenvalue weighted by molar-refractivity contribution is 5.86. The predicted octanol–water partition coefficient (Wildman–Crippen LogP) is 3.72. The zero-order valence-corrected chi connectivity index (χ0v) is 17.0. The first-order chi connectivity index (χ1) is 13.8. The van der Waals surface area contributed by atoms with Crippen LogP contribution in [0.3, 0.4) is 0 Å². The summed E-state index contributed by atoms with van der Waals surface area (Å²) in [5, 5.41) is 6.14. The number of hydrogen-bond donors (Lipinski definition) is 2. The van der Waals surface area contributed by atoms with E-state index in [0.717, 1.165) is 31.4 Å². The SMILES string of the molecule is CN(C)C(=O)CNC(=NCc1cccc(C(F)(F)F)c1)NCCC1=CCCCC1. The van der Waals surface area contributed by atoms with Crippen LogP contribution in [0.1, 0.15) is 43.2 Å². The van der Waals surface area contributed by atoms with Crippen LogP contribution in [-0.4, -0.2) is 44.0 Å². The summed E-state index contributed by atoms with van der Waals surface area (Å²) >= 11 is 0. The molecule has 5 nitrogen and oxygen atoms in total. The van der Waals surface area contributed by atoms with Gasteiger partial charge in [0.15, 0.2) is 5.96 Å². The Morgan fingerprint density at radius 1 is 1.21 bits per heavy atom. The molecule has 1 aromatic rings. The van der Waals surface area contributed by atoms with Crippen LogP contribution in [0.15, 0.2) is 40.9 Å². The monoisotopic (exact) mass is 410 g/mol. The topological polar surface area (TPSA) is 56.7 Å². The molecular formula is C21H29F3N4O. The molecule has 0 bridgehead atoms. The molecule has 0 radical (unpaired) electrons. The molecule has 160 valence electrons. The van der Waals surface area contributed by atoms with E-state index in [1.54, 1.807) is 20.2 Å². The van der Waals surface area contributed by atoms with Gasteiger partial charge in [0.05, 0.1) is 18.7 Å². The van der Waals surface area contributed by atoms with Gasteiger partial charge in [-0.25, -0.2) is 4.99 Å². The van der Waals surface area contributed by atoms with Crippen LogP contribution >= 0.6 is 0 Å². The van der Waals surface area contributed by atoms with Crippen molar-refractivity contribution in [1.82, 2.24) is 15.5 Å². The number of likely N-dealkylation sites (N-methyl/N-ethyl adjacent to an activating group) is 1. The fraction of sp³-hybridized carbons (Fsp3) is 0.524. The minimum atomic E-state index is -4.38. The van der Waals surface area contributed by atoms with E-state index in [9.17, 15) is 18.0 Å². The maximum Gasteiger partial charge on any atom is 0.416 e. The van der Waals surface area contributed by atoms with E-state index in [4.69, 9.17) is 0 Å². The van der Waals surface area contributed by atoms with Gasteiger partial charge in [-0.1, -0.05) is 23.8 Å². The fourth-order valence-electron chi connectivity index (χ4n) is 2.98. The standard InChI is InChI=1S/C21H29F3N4O/c1-28(2)19(29)15-27-20(25-12-11-16-7-4-3-5-8-16)26-14-17-9-6-10-18(13-17)21(22,23)24/h6-7,9-10,13H,3-5,8,11-12,14-15H2,1-2H3,(H2,25,26,27). The Morgan fingerprint density at radius 3 is 2.66 bits per heavy atom. The lowest BCUT2D eigenvalue weighted by Crippen LogP contribution is -2.43. The van der Waals surface area contributed by atoms with Crippen LogP contribution in [-0.2, 0) is 17.5 Å². The van der Waals surface area contributed by atoms with Gasteiger partial charge in [-0.15, -0.1) is 0 Å². The summed E-state index contributed by atoms with van der Waals surface area (Å²) in [6.45, 7) is 0.790. The van der Waals surface area contributed by atoms with Crippen LogP contribution in [0.4, 0.5) is 13.2 Å². The highest BCUT2D eigenvalue weighted by atomic mass is 19.4. The summed E-state index contributed by atoms with van der Waals surface area (Å²) in [5.74, 6) is 0.294. The second-order valence-electron chi connectivity index (χ2n) is 7.29. The molecule has 0 aromatic heterocycles. The molecule has 1 amide bonds. The fourth-order valence-corrected chi connectivity index (χ4v) is 2.98. The third-order valence-corrected chi connectivity index (χ3v) is 4.70. The zero-order valence-electron chi connectivity index (χ0n) is 17.0. The number of carbonyl (C=O) groups is 1. The van der Waals surface area contributed by atoms with E-state index in [1.807, 2.05) is 0 Å². The zero-order chi connectivity index (χ0) is 21.3. The first-order valence-electron chi connectivity index (χ1n) is 9.82. The summed E-state index contributed by atoms with van der Waals surface area (Å²) < 4.78 is 38.7. The molecule has 0 saturated heterocycles. The van der Waals surface area contributed by atoms with E-state index >= 15 is 0 Å². The van der Waals surface area contributed by atoms with Crippen molar-refractivity contribution in [3.05, 3.63) is 47.0 Å². The third-order valence-electron chi connectivity index (χ3n) is 4.70. The number of carbonyl (C=O) groups excluding carboxylic acids is 1. The molecule has 2 rings (SSSR count). The number of nitrogens with zero attached hydrogens (tertiary/aromatic N) is 2. The number of nitrogens with one attached hydrogen (secondary N) is 2. The first kappa shape index (κ1) is 22.8. The third kappa shape index (κ3) is 8.17. The molecule has 1 aliphatic carbocycles. The largest absolute Gasteiger partial charge is 0.416 e. The van der Waals surface area contributed by atoms with Crippen molar-refractivity contribution < 1.29 is 18.0 Å². The number of amides is 1. The average molecular weight is 410 g/mol. The van der Waals surface area contributed by atoms with Gasteiger partial charge >= 0.3 is 6.18 Å². The van der Waals surface area contributed by atoms with Gasteiger partial charge in [0.25, 0.3) is 0 Å². The molecule has 29 heavy (non-hydrogen) atoms. The van der Waals surface area contributed by atoms with E-state index in [0.29, 0.717) is 18.1 Å². The van der Waals surface area contributed by atoms with Crippen molar-refractivity contribution in [3.8, 4) is 0 Å². The summed E-state index contributed by atoms with van der Waals surface area (Å²) in [7, 11) is 3.32. The number of halogens is 3. The van der Waals surface area contributed by atoms with Crippen LogP contribution < -0.4 is 10.6 Å². The van der Waals surface area contributed by atoms with Crippen molar-refractivity contribution in [2.75, 3.05) is 27.2 Å². The van der Waals surface area contributed by atoms with Crippen molar-refractivity contribution >= 4 is 11.9 Å². The van der Waals surface area contributed by atoms with E-state index in [1.165, 1.54) is 29.4 Å². The maximum atomic E-state index is 12.9. The summed E-state index contributed by atoms with van der Waals surface area (Å²) in [6, 6.07) is 5.12. The van der Waals surface area contributed by atoms with Crippen LogP contribution in [0.25, 0.3) is 0 Å². The lowest BCUT2D eigenvalue weighted by Gasteiger charge is -2.17. The summed E-state index contributed by atoms with van der Waals surface area (Å²) in [5.41, 5.74) is 1.17. The van der Waals surface area contributed by atoms with Crippen LogP contribution in [0, 0.1) is 0 Å². The van der Waals surface area contributed by atoms with E-state index in [-0.39, 0.29) is 19.0 Å². The Balaban J connectivity index is 2.00. The van der Waals surface area contributed by atoms with E-state index in [2.05, 4.69) is 21.7 Å². The van der Waals surface area contributed by atoms with Gasteiger partial charge in [0, 0.05) is 20.6 Å². The number of benzene rings is 1. The number of guanidine groups is 1. The second-order valence-corrected chi connectivity index (χ2v) is 7.29. The average Bonchev–Trinajstić information content (AvgIpc) is 2.69. The molecule has 0 fully saturated rings. The molecule has 0 saturated carbocycles. The minimum Gasteiger partial charge on any atom is -0.356 e. The smallest absolute Gasteiger partial charge is 0.356 e. The maximum absolute atomic E-state index is 12.9. The molecule has 8 heteroatoms. The van der Waals surface area contributed by atoms with Gasteiger partial charge in [0.1, 0.15) is 0 Å². The molecule has 2 N–H and O–H groups in total. The van der Waals surface area contributed by atoms with Crippen molar-refractivity contribution in [3.63, 3.8) is 0 Å². The molecule has 0 unspecified atom stereocenters. The lowest BCUT2D eigenvalue weighted by molar-refractivity contribution is -0.137. The van der Waals surface area contributed by atoms with Crippen molar-refractivity contribution in [1.29, 1.82) is 0 Å². The quantitative estimate of drug-likeness (QED) is 0.409. The highest BCUT2D eigenvalue weighted by Crippen LogP contribution is 2.29. The molecule has 0 spiro atoms. The van der Waals surface area contributed by atoms with Gasteiger partial charge in [0.2, 0.25) is 5.91 Å². The van der Waals surface area contributed by atoms with E-state index < -0.39 is 11.7 Å². The Morgan fingerprint density at radius 2 is 2.00 bits per heavy atom. The van der Waals surface area contributed by atoms with Gasteiger partial charge in [-0.3, -0.25) is 4.79 Å². The molecule has 1 aromatic carbocycles. The molecular weight excluding hydrogens is 381 g/mol. The number of aliphatic imine (C=N–C) groups is 1. The highest BCUT2D eigenvalue weighted by Gasteiger charge is 2.30. The minimum absolute atomic E-state index is 0.0596. The number of hydrogen-bond acceptors (Lipinski definition) is 2. The number of allylic oxidation sites excluding steroid dienone is 1. The Bertz CT molecular complexity index is 742. The predicted molar refractivity (Wildman–Crippen MR) is 108 cm³/mol. The molecule has 0 aliphatic heterocycles. The lowest BCUT2D eigenvalue weighted by atomic mass is 9.97. The Labute approximate surface area is 170 Å². The Kier molecular flexibility index (Phi) is 8.54. The summed E-state index contributed by atoms with van der Waals surface area (Å²) in [4.78, 5) is 17.7. The second kappa shape index (κ2) is 10.9. The normalized spacial score (nSPS) is 14.9. The van der Waals surface area contributed by atoms with Crippen LogP contribution in [0.5, 0.6) is 0 Å². The van der Waals surface area contributed by atoms with Gasteiger partial charge in [-0.05, 0) is 49.8 Å². The molecule has 0 atom stereocenters. The Hall–Kier alpha value is -2.51. The van der Waals surface area contributed by atoms with Gasteiger partial charge in [-0.2, -0.15) is 13.2 Å². The number of rotatable bonds is 7. The summed E-state index contributed by atoms with van der Waals surface area (Å²) in [6.07, 6.45) is 3.42. The van der Waals surface area contributed by atoms with Crippen molar-refractivity contribution in [2.45, 2.75) is 44.8 Å². The molecule has 0 heterocycles. The van der Waals surface area contributed by atoms with Crippen molar-refractivity contribution in [2.24, 2.45) is 4.99 Å². The van der Waals surface area contributed by atoms with Gasteiger partial charge < -0.3 is 15.5 Å². The first-order valence-corrected chi connectivity index (χ1v) is 9.82. The molecule has 1 aliphatic rings.